The van der Waals surface area contributed by atoms with Crippen LogP contribution in [-0.2, 0) is 13.1 Å². The van der Waals surface area contributed by atoms with E-state index in [1.54, 1.807) is 0 Å². The Labute approximate surface area is 155 Å². The number of benzene rings is 1. The van der Waals surface area contributed by atoms with Crippen molar-refractivity contribution < 1.29 is 0 Å². The van der Waals surface area contributed by atoms with Crippen molar-refractivity contribution in [3.05, 3.63) is 66.4 Å². The van der Waals surface area contributed by atoms with Crippen LogP contribution in [-0.4, -0.2) is 50.3 Å². The van der Waals surface area contributed by atoms with Crippen molar-refractivity contribution in [1.29, 1.82) is 0 Å². The molecular formula is C21H27N5. The minimum absolute atomic E-state index is 0.606. The highest BCUT2D eigenvalue weighted by Crippen LogP contribution is 2.24. The quantitative estimate of drug-likeness (QED) is 0.709. The summed E-state index contributed by atoms with van der Waals surface area (Å²) in [7, 11) is 2.24. The van der Waals surface area contributed by atoms with E-state index in [-0.39, 0.29) is 0 Å². The summed E-state index contributed by atoms with van der Waals surface area (Å²) >= 11 is 0. The van der Waals surface area contributed by atoms with Crippen molar-refractivity contribution in [2.45, 2.75) is 32.5 Å². The first-order valence-electron chi connectivity index (χ1n) is 9.43. The molecule has 1 fully saturated rings. The summed E-state index contributed by atoms with van der Waals surface area (Å²) in [6, 6.07) is 11.4. The van der Waals surface area contributed by atoms with Gasteiger partial charge in [-0.3, -0.25) is 19.2 Å². The molecule has 1 aliphatic heterocycles. The third-order valence-corrected chi connectivity index (χ3v) is 5.56. The summed E-state index contributed by atoms with van der Waals surface area (Å²) in [5.41, 5.74) is 3.55. The van der Waals surface area contributed by atoms with Gasteiger partial charge in [0, 0.05) is 38.1 Å². The number of hydrogen-bond acceptors (Lipinski definition) is 4. The van der Waals surface area contributed by atoms with E-state index in [0.29, 0.717) is 12.0 Å². The summed E-state index contributed by atoms with van der Waals surface area (Å²) in [5, 5.41) is 0. The number of hydrogen-bond donors (Lipinski definition) is 0. The first kappa shape index (κ1) is 17.2. The molecule has 0 N–H and O–H groups in total. The van der Waals surface area contributed by atoms with Gasteiger partial charge in [-0.25, -0.2) is 4.98 Å². The first-order chi connectivity index (χ1) is 12.7. The molecule has 0 spiro atoms. The van der Waals surface area contributed by atoms with Gasteiger partial charge < -0.3 is 0 Å². The van der Waals surface area contributed by atoms with E-state index in [1.807, 2.05) is 24.8 Å². The van der Waals surface area contributed by atoms with Crippen molar-refractivity contribution in [3.63, 3.8) is 0 Å². The monoisotopic (exact) mass is 349 g/mol. The maximum Gasteiger partial charge on any atom is 0.155 e. The molecule has 1 aromatic carbocycles. The summed E-state index contributed by atoms with van der Waals surface area (Å²) < 4.78 is 2.14. The van der Waals surface area contributed by atoms with E-state index >= 15 is 0 Å². The molecule has 1 saturated heterocycles. The van der Waals surface area contributed by atoms with E-state index in [9.17, 15) is 0 Å². The predicted molar refractivity (Wildman–Crippen MR) is 104 cm³/mol. The Morgan fingerprint density at radius 3 is 2.85 bits per heavy atom. The van der Waals surface area contributed by atoms with Crippen LogP contribution in [0.2, 0.25) is 0 Å². The summed E-state index contributed by atoms with van der Waals surface area (Å²) in [6.45, 7) is 6.67. The molecule has 0 saturated carbocycles. The average molecular weight is 349 g/mol. The van der Waals surface area contributed by atoms with Gasteiger partial charge in [-0.05, 0) is 31.5 Å². The van der Waals surface area contributed by atoms with Crippen LogP contribution in [0.5, 0.6) is 0 Å². The summed E-state index contributed by atoms with van der Waals surface area (Å²) in [6.07, 6.45) is 8.82. The SMILES string of the molecule is C[C@@H]1CN(Cc2ccccc2)CC[C@H]1N(C)Cc1cnc2cnccn12. The molecule has 5 nitrogen and oxygen atoms in total. The molecule has 0 aliphatic carbocycles. The van der Waals surface area contributed by atoms with Crippen molar-refractivity contribution in [2.24, 2.45) is 5.92 Å². The Morgan fingerprint density at radius 2 is 2.04 bits per heavy atom. The Hall–Kier alpha value is -2.24. The lowest BCUT2D eigenvalue weighted by Crippen LogP contribution is -2.48. The van der Waals surface area contributed by atoms with Crippen LogP contribution in [0.25, 0.3) is 5.65 Å². The molecule has 0 bridgehead atoms. The fourth-order valence-electron chi connectivity index (χ4n) is 4.24. The molecule has 5 heteroatoms. The van der Waals surface area contributed by atoms with Gasteiger partial charge in [-0.2, -0.15) is 0 Å². The van der Waals surface area contributed by atoms with Crippen LogP contribution in [0, 0.1) is 5.92 Å². The van der Waals surface area contributed by atoms with Gasteiger partial charge in [0.15, 0.2) is 5.65 Å². The van der Waals surface area contributed by atoms with Crippen molar-refractivity contribution in [1.82, 2.24) is 24.2 Å². The summed E-state index contributed by atoms with van der Waals surface area (Å²) in [5.74, 6) is 0.651. The number of imidazole rings is 1. The van der Waals surface area contributed by atoms with E-state index in [2.05, 4.69) is 68.5 Å². The highest BCUT2D eigenvalue weighted by molar-refractivity contribution is 5.36. The number of fused-ring (bicyclic) bond motifs is 1. The first-order valence-corrected chi connectivity index (χ1v) is 9.43. The van der Waals surface area contributed by atoms with E-state index in [1.165, 1.54) is 17.7 Å². The minimum Gasteiger partial charge on any atom is -0.300 e. The number of likely N-dealkylation sites (tertiary alicyclic amines) is 1. The molecule has 2 aromatic heterocycles. The highest BCUT2D eigenvalue weighted by Gasteiger charge is 2.29. The lowest BCUT2D eigenvalue weighted by atomic mass is 9.92. The highest BCUT2D eigenvalue weighted by atomic mass is 15.2. The third kappa shape index (κ3) is 3.64. The van der Waals surface area contributed by atoms with Crippen molar-refractivity contribution in [3.8, 4) is 0 Å². The van der Waals surface area contributed by atoms with Gasteiger partial charge >= 0.3 is 0 Å². The van der Waals surface area contributed by atoms with E-state index in [4.69, 9.17) is 0 Å². The van der Waals surface area contributed by atoms with Crippen LogP contribution < -0.4 is 0 Å². The molecular weight excluding hydrogens is 322 g/mol. The van der Waals surface area contributed by atoms with Crippen LogP contribution in [0.1, 0.15) is 24.6 Å². The molecule has 4 rings (SSSR count). The van der Waals surface area contributed by atoms with Gasteiger partial charge in [-0.1, -0.05) is 37.3 Å². The molecule has 0 amide bonds. The van der Waals surface area contributed by atoms with Gasteiger partial charge in [0.05, 0.1) is 18.1 Å². The molecule has 0 radical (unpaired) electrons. The summed E-state index contributed by atoms with van der Waals surface area (Å²) in [4.78, 5) is 13.7. The van der Waals surface area contributed by atoms with Gasteiger partial charge in [-0.15, -0.1) is 0 Å². The van der Waals surface area contributed by atoms with E-state index in [0.717, 1.165) is 31.8 Å². The maximum absolute atomic E-state index is 4.46. The molecule has 136 valence electrons. The fraction of sp³-hybridized carbons (Fsp3) is 0.429. The topological polar surface area (TPSA) is 36.7 Å². The number of aromatic nitrogens is 3. The maximum atomic E-state index is 4.46. The zero-order valence-corrected chi connectivity index (χ0v) is 15.6. The predicted octanol–water partition coefficient (Wildman–Crippen LogP) is 3.07. The van der Waals surface area contributed by atoms with Gasteiger partial charge in [0.2, 0.25) is 0 Å². The lowest BCUT2D eigenvalue weighted by Gasteiger charge is -2.41. The van der Waals surface area contributed by atoms with Crippen molar-refractivity contribution in [2.75, 3.05) is 20.1 Å². The number of piperidine rings is 1. The average Bonchev–Trinajstić information content (AvgIpc) is 3.06. The van der Waals surface area contributed by atoms with Gasteiger partial charge in [0.25, 0.3) is 0 Å². The smallest absolute Gasteiger partial charge is 0.155 e. The van der Waals surface area contributed by atoms with Crippen molar-refractivity contribution >= 4 is 5.65 Å². The fourth-order valence-corrected chi connectivity index (χ4v) is 4.24. The minimum atomic E-state index is 0.606. The molecule has 3 aromatic rings. The zero-order valence-electron chi connectivity index (χ0n) is 15.6. The molecule has 26 heavy (non-hydrogen) atoms. The lowest BCUT2D eigenvalue weighted by molar-refractivity contribution is 0.0711. The Bertz CT molecular complexity index is 844. The zero-order chi connectivity index (χ0) is 17.9. The second-order valence-corrected chi connectivity index (χ2v) is 7.52. The molecule has 1 aliphatic rings. The second-order valence-electron chi connectivity index (χ2n) is 7.52. The standard InChI is InChI=1S/C21H27N5/c1-17-14-25(15-18-6-4-3-5-7-18)10-8-20(17)24(2)16-19-12-23-21-13-22-9-11-26(19)21/h3-7,9,11-13,17,20H,8,10,14-16H2,1-2H3/t17-,20-/m1/s1. The second kappa shape index (κ2) is 7.56. The third-order valence-electron chi connectivity index (χ3n) is 5.56. The van der Waals surface area contributed by atoms with Crippen LogP contribution >= 0.6 is 0 Å². The largest absolute Gasteiger partial charge is 0.300 e. The van der Waals surface area contributed by atoms with Crippen LogP contribution in [0.3, 0.4) is 0 Å². The van der Waals surface area contributed by atoms with Gasteiger partial charge in [0.1, 0.15) is 0 Å². The molecule has 2 atom stereocenters. The normalized spacial score (nSPS) is 21.5. The Kier molecular flexibility index (Phi) is 5.00. The number of nitrogens with zero attached hydrogens (tertiary/aromatic N) is 5. The molecule has 3 heterocycles. The van der Waals surface area contributed by atoms with E-state index < -0.39 is 0 Å². The number of rotatable bonds is 5. The molecule has 0 unspecified atom stereocenters. The van der Waals surface area contributed by atoms with Crippen LogP contribution in [0.4, 0.5) is 0 Å². The van der Waals surface area contributed by atoms with Crippen LogP contribution in [0.15, 0.2) is 55.1 Å². The Morgan fingerprint density at radius 1 is 1.19 bits per heavy atom. The Balaban J connectivity index is 1.38.